The lowest BCUT2D eigenvalue weighted by Gasteiger charge is -2.32. The first-order valence-electron chi connectivity index (χ1n) is 9.08. The van der Waals surface area contributed by atoms with Crippen LogP contribution in [0.25, 0.3) is 0 Å². The molecule has 0 aliphatic carbocycles. The lowest BCUT2D eigenvalue weighted by molar-refractivity contribution is 0.0677. The number of hydrogen-bond donors (Lipinski definition) is 0. The Bertz CT molecular complexity index is 870. The Hall–Kier alpha value is -2.83. The molecule has 0 bridgehead atoms. The van der Waals surface area contributed by atoms with Crippen molar-refractivity contribution >= 4 is 5.91 Å². The maximum atomic E-state index is 12.9. The fourth-order valence-electron chi connectivity index (χ4n) is 3.39. The first-order chi connectivity index (χ1) is 13.0. The minimum Gasteiger partial charge on any atom is -0.497 e. The second-order valence-corrected chi connectivity index (χ2v) is 6.80. The van der Waals surface area contributed by atoms with Gasteiger partial charge < -0.3 is 14.4 Å². The molecule has 0 atom stereocenters. The van der Waals surface area contributed by atoms with Crippen molar-refractivity contribution in [3.05, 3.63) is 51.9 Å². The number of amides is 1. The zero-order chi connectivity index (χ0) is 19.4. The molecule has 0 radical (unpaired) electrons. The van der Waals surface area contributed by atoms with Gasteiger partial charge in [-0.2, -0.15) is 5.10 Å². The van der Waals surface area contributed by atoms with Gasteiger partial charge in [-0.05, 0) is 43.9 Å². The summed E-state index contributed by atoms with van der Waals surface area (Å²) in [5.74, 6) is 1.45. The third-order valence-electron chi connectivity index (χ3n) is 4.97. The van der Waals surface area contributed by atoms with Crippen LogP contribution in [0.15, 0.2) is 35.1 Å². The summed E-state index contributed by atoms with van der Waals surface area (Å²) in [7, 11) is 3.12. The molecule has 7 heteroatoms. The number of benzene rings is 1. The number of aryl methyl sites for hydroxylation is 1. The molecule has 27 heavy (non-hydrogen) atoms. The molecule has 144 valence electrons. The van der Waals surface area contributed by atoms with Gasteiger partial charge in [-0.1, -0.05) is 0 Å². The number of aromatic nitrogens is 2. The summed E-state index contributed by atoms with van der Waals surface area (Å²) >= 11 is 0. The monoisotopic (exact) mass is 371 g/mol. The third-order valence-corrected chi connectivity index (χ3v) is 4.97. The Kier molecular flexibility index (Phi) is 5.78. The molecule has 1 saturated heterocycles. The van der Waals surface area contributed by atoms with Gasteiger partial charge >= 0.3 is 0 Å². The molecule has 0 saturated carbocycles. The number of ether oxygens (including phenoxy) is 2. The molecule has 0 N–H and O–H groups in total. The van der Waals surface area contributed by atoms with Crippen molar-refractivity contribution in [2.75, 3.05) is 27.3 Å². The van der Waals surface area contributed by atoms with E-state index in [4.69, 9.17) is 9.47 Å². The van der Waals surface area contributed by atoms with E-state index in [-0.39, 0.29) is 11.5 Å². The number of piperidine rings is 1. The van der Waals surface area contributed by atoms with Gasteiger partial charge in [-0.25, -0.2) is 4.68 Å². The van der Waals surface area contributed by atoms with Gasteiger partial charge in [-0.3, -0.25) is 9.59 Å². The lowest BCUT2D eigenvalue weighted by Crippen LogP contribution is -2.40. The Labute approximate surface area is 158 Å². The smallest absolute Gasteiger partial charge is 0.266 e. The highest BCUT2D eigenvalue weighted by atomic mass is 16.5. The van der Waals surface area contributed by atoms with Crippen LogP contribution in [0, 0.1) is 12.8 Å². The molecule has 2 heterocycles. The number of carbonyl (C=O) groups is 1. The summed E-state index contributed by atoms with van der Waals surface area (Å²) in [5, 5.41) is 4.30. The molecule has 1 aromatic heterocycles. The molecular weight excluding hydrogens is 346 g/mol. The number of carbonyl (C=O) groups excluding carboxylic acids is 1. The van der Waals surface area contributed by atoms with Crippen molar-refractivity contribution in [2.24, 2.45) is 5.92 Å². The number of nitrogens with zero attached hydrogens (tertiary/aromatic N) is 3. The van der Waals surface area contributed by atoms with E-state index >= 15 is 0 Å². The summed E-state index contributed by atoms with van der Waals surface area (Å²) in [6, 6.07) is 8.50. The number of methoxy groups -OCH3 is 2. The maximum Gasteiger partial charge on any atom is 0.266 e. The Morgan fingerprint density at radius 2 is 1.89 bits per heavy atom. The molecule has 1 amide bonds. The van der Waals surface area contributed by atoms with Crippen molar-refractivity contribution in [1.29, 1.82) is 0 Å². The first-order valence-corrected chi connectivity index (χ1v) is 9.08. The molecule has 2 aromatic rings. The quantitative estimate of drug-likeness (QED) is 0.805. The van der Waals surface area contributed by atoms with E-state index in [1.54, 1.807) is 44.6 Å². The molecule has 1 aliphatic rings. The van der Waals surface area contributed by atoms with Crippen LogP contribution in [0.3, 0.4) is 0 Å². The lowest BCUT2D eigenvalue weighted by atomic mass is 9.96. The molecule has 1 fully saturated rings. The van der Waals surface area contributed by atoms with Crippen LogP contribution in [0.4, 0.5) is 0 Å². The van der Waals surface area contributed by atoms with E-state index in [1.165, 1.54) is 4.68 Å². The molecule has 3 rings (SSSR count). The topological polar surface area (TPSA) is 73.7 Å². The van der Waals surface area contributed by atoms with Crippen molar-refractivity contribution in [2.45, 2.75) is 26.3 Å². The fraction of sp³-hybridized carbons (Fsp3) is 0.450. The fourth-order valence-corrected chi connectivity index (χ4v) is 3.39. The highest BCUT2D eigenvalue weighted by Crippen LogP contribution is 2.27. The van der Waals surface area contributed by atoms with E-state index in [2.05, 4.69) is 5.10 Å². The average Bonchev–Trinajstić information content (AvgIpc) is 2.70. The molecular formula is C20H25N3O4. The summed E-state index contributed by atoms with van der Waals surface area (Å²) in [4.78, 5) is 26.7. The number of rotatable bonds is 5. The normalized spacial score (nSPS) is 14.9. The van der Waals surface area contributed by atoms with Crippen LogP contribution < -0.4 is 15.0 Å². The van der Waals surface area contributed by atoms with E-state index in [0.29, 0.717) is 42.6 Å². The Morgan fingerprint density at radius 1 is 1.15 bits per heavy atom. The van der Waals surface area contributed by atoms with E-state index < -0.39 is 0 Å². The van der Waals surface area contributed by atoms with Gasteiger partial charge in [0.25, 0.3) is 11.5 Å². The molecule has 0 spiro atoms. The molecule has 1 aromatic carbocycles. The van der Waals surface area contributed by atoms with Crippen molar-refractivity contribution in [3.63, 3.8) is 0 Å². The predicted molar refractivity (Wildman–Crippen MR) is 101 cm³/mol. The van der Waals surface area contributed by atoms with Crippen LogP contribution in [-0.2, 0) is 6.54 Å². The van der Waals surface area contributed by atoms with E-state index in [0.717, 1.165) is 18.5 Å². The molecule has 7 nitrogen and oxygen atoms in total. The van der Waals surface area contributed by atoms with Crippen molar-refractivity contribution in [3.8, 4) is 11.5 Å². The van der Waals surface area contributed by atoms with Crippen LogP contribution in [0.5, 0.6) is 11.5 Å². The van der Waals surface area contributed by atoms with Crippen LogP contribution in [0.2, 0.25) is 0 Å². The average molecular weight is 371 g/mol. The summed E-state index contributed by atoms with van der Waals surface area (Å²) in [6.45, 7) is 3.77. The molecule has 0 unspecified atom stereocenters. The number of likely N-dealkylation sites (tertiary alicyclic amines) is 1. The number of hydrogen-bond acceptors (Lipinski definition) is 5. The van der Waals surface area contributed by atoms with Crippen molar-refractivity contribution < 1.29 is 14.3 Å². The largest absolute Gasteiger partial charge is 0.497 e. The van der Waals surface area contributed by atoms with Crippen molar-refractivity contribution in [1.82, 2.24) is 14.7 Å². The van der Waals surface area contributed by atoms with E-state index in [9.17, 15) is 9.59 Å². The minimum atomic E-state index is -0.0814. The SMILES string of the molecule is COc1ccc(C(=O)N2CCC(Cn3nc(C)ccc3=O)CC2)c(OC)c1. The van der Waals surface area contributed by atoms with Gasteiger partial charge in [0.05, 0.1) is 25.5 Å². The van der Waals surface area contributed by atoms with Crippen LogP contribution in [-0.4, -0.2) is 47.9 Å². The van der Waals surface area contributed by atoms with Gasteiger partial charge in [0.1, 0.15) is 11.5 Å². The molecule has 1 aliphatic heterocycles. The second-order valence-electron chi connectivity index (χ2n) is 6.80. The predicted octanol–water partition coefficient (Wildman–Crippen LogP) is 2.12. The van der Waals surface area contributed by atoms with Gasteiger partial charge in [0.2, 0.25) is 0 Å². The zero-order valence-corrected chi connectivity index (χ0v) is 16.0. The minimum absolute atomic E-state index is 0.0428. The van der Waals surface area contributed by atoms with Crippen LogP contribution >= 0.6 is 0 Å². The highest BCUT2D eigenvalue weighted by molar-refractivity contribution is 5.97. The summed E-state index contributed by atoms with van der Waals surface area (Å²) in [6.07, 6.45) is 1.68. The summed E-state index contributed by atoms with van der Waals surface area (Å²) < 4.78 is 12.1. The van der Waals surface area contributed by atoms with Crippen LogP contribution in [0.1, 0.15) is 28.9 Å². The van der Waals surface area contributed by atoms with Gasteiger partial charge in [0.15, 0.2) is 0 Å². The third kappa shape index (κ3) is 4.30. The first kappa shape index (κ1) is 18.9. The highest BCUT2D eigenvalue weighted by Gasteiger charge is 2.26. The Morgan fingerprint density at radius 3 is 2.56 bits per heavy atom. The summed E-state index contributed by atoms with van der Waals surface area (Å²) in [5.41, 5.74) is 1.28. The van der Waals surface area contributed by atoms with Gasteiger partial charge in [-0.15, -0.1) is 0 Å². The van der Waals surface area contributed by atoms with E-state index in [1.807, 2.05) is 11.8 Å². The standard InChI is InChI=1S/C20H25N3O4/c1-14-4-7-19(24)23(21-14)13-15-8-10-22(11-9-15)20(25)17-6-5-16(26-2)12-18(17)27-3/h4-7,12,15H,8-11,13H2,1-3H3. The van der Waals surface area contributed by atoms with Gasteiger partial charge in [0, 0.05) is 31.8 Å². The maximum absolute atomic E-state index is 12.9. The zero-order valence-electron chi connectivity index (χ0n) is 16.0. The Balaban J connectivity index is 1.64. The second kappa shape index (κ2) is 8.24.